The highest BCUT2D eigenvalue weighted by molar-refractivity contribution is 7.66. The van der Waals surface area contributed by atoms with Crippen LogP contribution in [-0.2, 0) is 22.3 Å². The molecule has 0 aromatic rings. The summed E-state index contributed by atoms with van der Waals surface area (Å²) >= 11 is 0. The van der Waals surface area contributed by atoms with Gasteiger partial charge in [0.15, 0.2) is 0 Å². The highest BCUT2D eigenvalue weighted by Gasteiger charge is 2.35. The first-order chi connectivity index (χ1) is 5.41. The molecule has 0 saturated carbocycles. The maximum Gasteiger partial charge on any atom is 0.487 e. The van der Waals surface area contributed by atoms with E-state index in [2.05, 4.69) is 8.62 Å². The Kier molecular flexibility index (Phi) is 4.00. The molecule has 10 nitrogen and oxygen atoms in total. The van der Waals surface area contributed by atoms with Crippen molar-refractivity contribution in [2.24, 2.45) is 0 Å². The minimum Gasteiger partial charge on any atom is -0.756 e. The average molecular weight is 257 g/mol. The lowest BCUT2D eigenvalue weighted by molar-refractivity contribution is -0.212. The van der Waals surface area contributed by atoms with E-state index in [0.717, 1.165) is 0 Å². The first kappa shape index (κ1) is 13.4. The van der Waals surface area contributed by atoms with Gasteiger partial charge in [0.2, 0.25) is 0 Å². The number of phosphoric acid groups is 3. The fraction of sp³-hybridized carbons (Fsp3) is 0. The number of hydrogen-bond donors (Lipinski definition) is 4. The Morgan fingerprint density at radius 1 is 0.923 bits per heavy atom. The topological polar surface area (TPSA) is 174 Å². The van der Waals surface area contributed by atoms with Crippen LogP contribution in [0.3, 0.4) is 0 Å². The molecule has 0 amide bonds. The standard InChI is InChI=1S/H5O10P3/c1-11(2,3)9-13(7,8)10-12(4,5)6/h(H,7,8)(H2,1,2,3)(H2,4,5,6)/p-1. The SMILES string of the molecule is O=P([O-])(O)OP(=O)(O)OP(=O)(O)O. The van der Waals surface area contributed by atoms with Crippen LogP contribution in [0.25, 0.3) is 0 Å². The van der Waals surface area contributed by atoms with Crippen molar-refractivity contribution in [3.63, 3.8) is 0 Å². The minimum atomic E-state index is -5.60. The summed E-state index contributed by atoms with van der Waals surface area (Å²) in [5.41, 5.74) is 0. The molecule has 0 aromatic heterocycles. The molecule has 0 aromatic carbocycles. The van der Waals surface area contributed by atoms with Crippen LogP contribution in [0.5, 0.6) is 0 Å². The maximum absolute atomic E-state index is 10.3. The van der Waals surface area contributed by atoms with Crippen LogP contribution in [0.15, 0.2) is 0 Å². The second-order valence-corrected chi connectivity index (χ2v) is 5.75. The molecule has 0 saturated heterocycles. The highest BCUT2D eigenvalue weighted by Crippen LogP contribution is 2.63. The van der Waals surface area contributed by atoms with E-state index in [1.54, 1.807) is 0 Å². The average Bonchev–Trinajstić information content (AvgIpc) is 1.43. The van der Waals surface area contributed by atoms with Crippen LogP contribution in [0.2, 0.25) is 0 Å². The Morgan fingerprint density at radius 3 is 1.54 bits per heavy atom. The van der Waals surface area contributed by atoms with Crippen molar-refractivity contribution in [2.45, 2.75) is 0 Å². The van der Waals surface area contributed by atoms with Gasteiger partial charge in [0.25, 0.3) is 7.82 Å². The van der Waals surface area contributed by atoms with E-state index in [0.29, 0.717) is 0 Å². The fourth-order valence-corrected chi connectivity index (χ4v) is 2.79. The monoisotopic (exact) mass is 257 g/mol. The Hall–Kier alpha value is 0.410. The summed E-state index contributed by atoms with van der Waals surface area (Å²) in [4.78, 5) is 41.9. The molecule has 2 atom stereocenters. The predicted molar refractivity (Wildman–Crippen MR) is 33.9 cm³/mol. The van der Waals surface area contributed by atoms with Gasteiger partial charge in [-0.15, -0.1) is 0 Å². The van der Waals surface area contributed by atoms with Crippen LogP contribution >= 0.6 is 23.5 Å². The molecule has 0 spiro atoms. The van der Waals surface area contributed by atoms with Crippen LogP contribution in [0.1, 0.15) is 0 Å². The predicted octanol–water partition coefficient (Wildman–Crippen LogP) is -1.33. The van der Waals surface area contributed by atoms with Gasteiger partial charge >= 0.3 is 15.6 Å². The van der Waals surface area contributed by atoms with Crippen molar-refractivity contribution in [3.8, 4) is 0 Å². The molecule has 80 valence electrons. The van der Waals surface area contributed by atoms with Gasteiger partial charge in [-0.1, -0.05) is 0 Å². The molecule has 0 aliphatic heterocycles. The Morgan fingerprint density at radius 2 is 1.31 bits per heavy atom. The summed E-state index contributed by atoms with van der Waals surface area (Å²) in [7, 11) is -16.5. The summed E-state index contributed by atoms with van der Waals surface area (Å²) in [6, 6.07) is 0. The van der Waals surface area contributed by atoms with Gasteiger partial charge in [-0.3, -0.25) is 4.57 Å². The first-order valence-corrected chi connectivity index (χ1v) is 6.78. The lowest BCUT2D eigenvalue weighted by atomic mass is 15.7. The maximum atomic E-state index is 10.3. The highest BCUT2D eigenvalue weighted by atomic mass is 31.3. The van der Waals surface area contributed by atoms with E-state index in [4.69, 9.17) is 19.6 Å². The molecule has 2 unspecified atom stereocenters. The molecule has 0 aliphatic rings. The van der Waals surface area contributed by atoms with E-state index >= 15 is 0 Å². The summed E-state index contributed by atoms with van der Waals surface area (Å²) < 4.78 is 36.1. The zero-order valence-corrected chi connectivity index (χ0v) is 8.26. The lowest BCUT2D eigenvalue weighted by Gasteiger charge is -2.18. The van der Waals surface area contributed by atoms with Crippen molar-refractivity contribution < 1.29 is 46.8 Å². The van der Waals surface area contributed by atoms with Gasteiger partial charge in [0, 0.05) is 0 Å². The Balaban J connectivity index is 4.54. The van der Waals surface area contributed by atoms with Gasteiger partial charge in [-0.2, -0.15) is 4.31 Å². The van der Waals surface area contributed by atoms with Gasteiger partial charge in [0.05, 0.1) is 0 Å². The summed E-state index contributed by atoms with van der Waals surface area (Å²) in [6.45, 7) is 0. The zero-order valence-electron chi connectivity index (χ0n) is 5.58. The molecule has 13 heavy (non-hydrogen) atoms. The van der Waals surface area contributed by atoms with Crippen molar-refractivity contribution in [1.82, 2.24) is 0 Å². The van der Waals surface area contributed by atoms with Gasteiger partial charge in [0.1, 0.15) is 0 Å². The molecule has 4 N–H and O–H groups in total. The minimum absolute atomic E-state index is 2.95. The second-order valence-electron chi connectivity index (χ2n) is 1.59. The van der Waals surface area contributed by atoms with Crippen molar-refractivity contribution in [3.05, 3.63) is 0 Å². The molecular weight excluding hydrogens is 253 g/mol. The van der Waals surface area contributed by atoms with Crippen LogP contribution in [-0.4, -0.2) is 19.6 Å². The Labute approximate surface area is 71.2 Å². The van der Waals surface area contributed by atoms with Crippen LogP contribution < -0.4 is 4.89 Å². The van der Waals surface area contributed by atoms with E-state index < -0.39 is 23.5 Å². The van der Waals surface area contributed by atoms with Gasteiger partial charge < -0.3 is 24.5 Å². The second kappa shape index (κ2) is 3.88. The lowest BCUT2D eigenvalue weighted by Crippen LogP contribution is -2.02. The van der Waals surface area contributed by atoms with E-state index in [-0.39, 0.29) is 0 Å². The Bertz CT molecular complexity index is 272. The normalized spacial score (nSPS) is 21.9. The molecular formula is H4O10P3-. The molecule has 0 aliphatic carbocycles. The molecule has 0 bridgehead atoms. The summed E-state index contributed by atoms with van der Waals surface area (Å²) in [6.07, 6.45) is 0. The summed E-state index contributed by atoms with van der Waals surface area (Å²) in [5, 5.41) is 0. The van der Waals surface area contributed by atoms with E-state index in [9.17, 15) is 18.6 Å². The third-order valence-corrected chi connectivity index (χ3v) is 3.74. The number of hydrogen-bond acceptors (Lipinski definition) is 6. The van der Waals surface area contributed by atoms with Gasteiger partial charge in [-0.05, 0) is 0 Å². The molecule has 0 rings (SSSR count). The van der Waals surface area contributed by atoms with Crippen LogP contribution in [0, 0.1) is 0 Å². The quantitative estimate of drug-likeness (QED) is 0.441. The van der Waals surface area contributed by atoms with Crippen molar-refractivity contribution in [2.75, 3.05) is 0 Å². The number of rotatable bonds is 4. The smallest absolute Gasteiger partial charge is 0.487 e. The third kappa shape index (κ3) is 8.73. The van der Waals surface area contributed by atoms with Crippen molar-refractivity contribution >= 4 is 23.5 Å². The molecule has 0 heterocycles. The first-order valence-electron chi connectivity index (χ1n) is 2.26. The zero-order chi connectivity index (χ0) is 10.9. The van der Waals surface area contributed by atoms with E-state index in [1.165, 1.54) is 0 Å². The van der Waals surface area contributed by atoms with E-state index in [1.807, 2.05) is 0 Å². The molecule has 0 fully saturated rings. The fourth-order valence-electron chi connectivity index (χ4n) is 0.280. The van der Waals surface area contributed by atoms with Crippen LogP contribution in [0.4, 0.5) is 0 Å². The largest absolute Gasteiger partial charge is 0.756 e. The summed E-state index contributed by atoms with van der Waals surface area (Å²) in [5.74, 6) is 0. The molecule has 0 radical (unpaired) electrons. The van der Waals surface area contributed by atoms with Crippen molar-refractivity contribution in [1.29, 1.82) is 0 Å². The molecule has 13 heteroatoms. The van der Waals surface area contributed by atoms with Gasteiger partial charge in [-0.25, -0.2) is 13.4 Å². The third-order valence-electron chi connectivity index (χ3n) is 0.416.